The molecule has 1 heterocycles. The van der Waals surface area contributed by atoms with Gasteiger partial charge in [0.05, 0.1) is 6.17 Å². The predicted molar refractivity (Wildman–Crippen MR) is 87.0 cm³/mol. The van der Waals surface area contributed by atoms with Gasteiger partial charge in [0, 0.05) is 12.0 Å². The van der Waals surface area contributed by atoms with E-state index in [-0.39, 0.29) is 17.1 Å². The average molecular weight is 388 g/mol. The van der Waals surface area contributed by atoms with Crippen LogP contribution < -0.4 is 0 Å². The number of alkyl halides is 1. The third-order valence-corrected chi connectivity index (χ3v) is 4.76. The smallest absolute Gasteiger partial charge is 0.338 e. The minimum atomic E-state index is -0.635. The quantitative estimate of drug-likeness (QED) is 0.565. The van der Waals surface area contributed by atoms with E-state index in [2.05, 4.69) is 20.8 Å². The molecule has 128 valence electrons. The van der Waals surface area contributed by atoms with Crippen LogP contribution in [-0.4, -0.2) is 20.9 Å². The van der Waals surface area contributed by atoms with Crippen molar-refractivity contribution in [2.75, 3.05) is 0 Å². The minimum Gasteiger partial charge on any atom is -0.338 e. The van der Waals surface area contributed by atoms with Crippen LogP contribution in [0.5, 0.6) is 0 Å². The van der Waals surface area contributed by atoms with E-state index in [4.69, 9.17) is 11.6 Å². The molecular weight excluding hydrogens is 369 g/mol. The molecule has 0 amide bonds. The Balaban J connectivity index is 0.000000181. The van der Waals surface area contributed by atoms with Gasteiger partial charge in [-0.3, -0.25) is 4.39 Å². The second-order valence-electron chi connectivity index (χ2n) is 6.58. The molecule has 3 nitrogen and oxygen atoms in total. The van der Waals surface area contributed by atoms with Crippen LogP contribution in [0.1, 0.15) is 62.1 Å². The van der Waals surface area contributed by atoms with Crippen molar-refractivity contribution in [1.29, 1.82) is 0 Å². The Morgan fingerprint density at radius 2 is 1.79 bits per heavy atom. The van der Waals surface area contributed by atoms with Gasteiger partial charge in [-0.1, -0.05) is 5.02 Å². The summed E-state index contributed by atoms with van der Waals surface area (Å²) < 4.78 is 15.2. The minimum absolute atomic E-state index is 0. The van der Waals surface area contributed by atoms with Gasteiger partial charge in [0.1, 0.15) is 5.82 Å². The zero-order valence-corrected chi connectivity index (χ0v) is 15.1. The summed E-state index contributed by atoms with van der Waals surface area (Å²) in [5.74, 6) is 3.99. The number of rotatable bonds is 3. The van der Waals surface area contributed by atoms with Gasteiger partial charge in [-0.2, -0.15) is 35.4 Å². The van der Waals surface area contributed by atoms with Gasteiger partial charge in [-0.15, -0.1) is 29.5 Å². The van der Waals surface area contributed by atoms with Gasteiger partial charge in [0.25, 0.3) is 0 Å². The van der Waals surface area contributed by atoms with Crippen molar-refractivity contribution in [3.05, 3.63) is 52.9 Å². The molecule has 0 unspecified atom stereocenters. The molecular formula is C18H19ClFFeN3. The molecule has 0 aliphatic heterocycles. The van der Waals surface area contributed by atoms with Gasteiger partial charge in [-0.25, -0.2) is 0 Å². The number of hydrogen-bond acceptors (Lipinski definition) is 2. The monoisotopic (exact) mass is 387 g/mol. The van der Waals surface area contributed by atoms with Crippen LogP contribution in [0.2, 0.25) is 5.02 Å². The van der Waals surface area contributed by atoms with Crippen molar-refractivity contribution in [2.45, 2.75) is 56.7 Å². The van der Waals surface area contributed by atoms with Crippen molar-refractivity contribution in [2.24, 2.45) is 0 Å². The average Bonchev–Trinajstić information content (AvgIpc) is 3.44. The Kier molecular flexibility index (Phi) is 5.53. The number of hydrogen-bond donors (Lipinski definition) is 0. The van der Waals surface area contributed by atoms with Crippen molar-refractivity contribution in [3.8, 4) is 0 Å². The van der Waals surface area contributed by atoms with Gasteiger partial charge in [0.2, 0.25) is 0 Å². The zero-order chi connectivity index (χ0) is 15.8. The molecule has 0 bridgehead atoms. The van der Waals surface area contributed by atoms with E-state index in [0.29, 0.717) is 24.8 Å². The first-order valence-corrected chi connectivity index (χ1v) is 8.65. The topological polar surface area (TPSA) is 30.7 Å². The Bertz CT molecular complexity index is 664. The van der Waals surface area contributed by atoms with E-state index in [0.717, 1.165) is 10.8 Å². The summed E-state index contributed by atoms with van der Waals surface area (Å²) in [4.78, 5) is 0. The largest absolute Gasteiger partial charge is 2.00 e. The van der Waals surface area contributed by atoms with Gasteiger partial charge in [-0.05, 0) is 31.5 Å². The Hall–Kier alpha value is -1.03. The van der Waals surface area contributed by atoms with Crippen LogP contribution in [0.3, 0.4) is 0 Å². The molecule has 5 rings (SSSR count). The second kappa shape index (κ2) is 7.47. The number of halogens is 2. The van der Waals surface area contributed by atoms with Crippen LogP contribution in [-0.2, 0) is 17.1 Å². The van der Waals surface area contributed by atoms with Crippen molar-refractivity contribution < 1.29 is 21.5 Å². The summed E-state index contributed by atoms with van der Waals surface area (Å²) in [6.45, 7) is 0. The summed E-state index contributed by atoms with van der Waals surface area (Å²) in [5.41, 5.74) is 0. The van der Waals surface area contributed by atoms with Crippen LogP contribution in [0.25, 0.3) is 0 Å². The number of nitrogens with zero attached hydrogens (tertiary/aromatic N) is 3. The first kappa shape index (κ1) is 17.8. The molecule has 0 atom stereocenters. The molecule has 3 aliphatic carbocycles. The maximum absolute atomic E-state index is 12.9. The van der Waals surface area contributed by atoms with Crippen LogP contribution >= 0.6 is 11.6 Å². The normalized spacial score (nSPS) is 19.8. The number of benzene rings is 1. The van der Waals surface area contributed by atoms with Gasteiger partial charge < -0.3 is 10.5 Å². The first-order chi connectivity index (χ1) is 11.2. The van der Waals surface area contributed by atoms with Crippen molar-refractivity contribution in [3.63, 3.8) is 0 Å². The van der Waals surface area contributed by atoms with Crippen LogP contribution in [0, 0.1) is 12.0 Å². The third-order valence-electron chi connectivity index (χ3n) is 4.51. The Morgan fingerprint density at radius 1 is 1.12 bits per heavy atom. The molecule has 24 heavy (non-hydrogen) atoms. The Labute approximate surface area is 157 Å². The summed E-state index contributed by atoms with van der Waals surface area (Å²) in [6.07, 6.45) is 5.53. The summed E-state index contributed by atoms with van der Waals surface area (Å²) in [7, 11) is 0. The zero-order valence-electron chi connectivity index (χ0n) is 13.2. The van der Waals surface area contributed by atoms with Gasteiger partial charge >= 0.3 is 17.1 Å². The van der Waals surface area contributed by atoms with E-state index in [1.165, 1.54) is 37.4 Å². The van der Waals surface area contributed by atoms with Crippen molar-refractivity contribution in [1.82, 2.24) is 14.8 Å². The maximum atomic E-state index is 12.9. The van der Waals surface area contributed by atoms with Gasteiger partial charge in [0.15, 0.2) is 0 Å². The van der Waals surface area contributed by atoms with E-state index < -0.39 is 6.17 Å². The first-order valence-electron chi connectivity index (χ1n) is 8.28. The fourth-order valence-electron chi connectivity index (χ4n) is 2.88. The van der Waals surface area contributed by atoms with Crippen molar-refractivity contribution >= 4 is 11.6 Å². The van der Waals surface area contributed by atoms with E-state index >= 15 is 0 Å². The molecule has 6 heteroatoms. The molecule has 0 radical (unpaired) electrons. The summed E-state index contributed by atoms with van der Waals surface area (Å²) in [6, 6.07) is 10.6. The molecule has 3 aliphatic rings. The SMILES string of the molecule is Clc1cc[c-]cc1.FC1C[C-](c2nnc(C3CC3)n2C2CC2)C1.[Fe+2]. The fourth-order valence-corrected chi connectivity index (χ4v) is 3.01. The van der Waals surface area contributed by atoms with Crippen LogP contribution in [0.4, 0.5) is 4.39 Å². The molecule has 3 saturated carbocycles. The van der Waals surface area contributed by atoms with E-state index in [9.17, 15) is 4.39 Å². The fraction of sp³-hybridized carbons (Fsp3) is 0.500. The summed E-state index contributed by atoms with van der Waals surface area (Å²) in [5, 5.41) is 9.40. The standard InChI is InChI=1S/C12H15FN3.C6H4Cl.Fe/c13-9-5-8(6-9)12-15-14-11(7-1-2-7)16(12)10-3-4-10;7-6-4-2-1-3-5-6;/h7,9-10H,1-6H2;2-5H;/q2*-1;+2. The molecule has 0 N–H and O–H groups in total. The van der Waals surface area contributed by atoms with E-state index in [1.54, 1.807) is 24.3 Å². The summed E-state index contributed by atoms with van der Waals surface area (Å²) >= 11 is 5.52. The molecule has 3 fully saturated rings. The number of aromatic nitrogens is 3. The molecule has 1 aromatic carbocycles. The third kappa shape index (κ3) is 3.96. The molecule has 2 aromatic rings. The van der Waals surface area contributed by atoms with E-state index in [1.807, 2.05) is 0 Å². The predicted octanol–water partition coefficient (Wildman–Crippen LogP) is 4.68. The maximum Gasteiger partial charge on any atom is 2.00 e. The Morgan fingerprint density at radius 3 is 2.25 bits per heavy atom. The molecule has 0 saturated heterocycles. The molecule has 1 aromatic heterocycles. The molecule has 0 spiro atoms. The van der Waals surface area contributed by atoms with Crippen LogP contribution in [0.15, 0.2) is 24.3 Å². The second-order valence-corrected chi connectivity index (χ2v) is 7.02.